The first-order valence-corrected chi connectivity index (χ1v) is 7.57. The minimum Gasteiger partial charge on any atom is -0.464 e. The molecule has 0 heterocycles. The van der Waals surface area contributed by atoms with E-state index in [4.69, 9.17) is 4.74 Å². The summed E-state index contributed by atoms with van der Waals surface area (Å²) >= 11 is 0. The molecule has 2 aromatic carbocycles. The molecule has 108 valence electrons. The first-order chi connectivity index (χ1) is 10.2. The second kappa shape index (κ2) is 5.72. The number of fused-ring (bicyclic) bond motifs is 3. The zero-order valence-electron chi connectivity index (χ0n) is 12.5. The van der Waals surface area contributed by atoms with E-state index in [-0.39, 0.29) is 17.8 Å². The van der Waals surface area contributed by atoms with Gasteiger partial charge in [0, 0.05) is 5.92 Å². The van der Waals surface area contributed by atoms with Crippen molar-refractivity contribution in [3.63, 3.8) is 0 Å². The van der Waals surface area contributed by atoms with Crippen LogP contribution in [0.25, 0.3) is 11.1 Å². The zero-order valence-corrected chi connectivity index (χ0v) is 12.5. The Morgan fingerprint density at radius 3 is 2.10 bits per heavy atom. The Hall–Kier alpha value is -2.09. The molecule has 0 fully saturated rings. The number of hydrogen-bond donors (Lipinski definition) is 0. The largest absolute Gasteiger partial charge is 0.464 e. The maximum atomic E-state index is 11.9. The van der Waals surface area contributed by atoms with Crippen LogP contribution in [0.2, 0.25) is 0 Å². The van der Waals surface area contributed by atoms with Gasteiger partial charge in [-0.1, -0.05) is 62.4 Å². The van der Waals surface area contributed by atoms with Gasteiger partial charge < -0.3 is 4.74 Å². The summed E-state index contributed by atoms with van der Waals surface area (Å²) < 4.78 is 5.55. The molecule has 0 saturated heterocycles. The molecule has 1 aliphatic carbocycles. The highest BCUT2D eigenvalue weighted by molar-refractivity contribution is 5.79. The van der Waals surface area contributed by atoms with Crippen LogP contribution in [0.3, 0.4) is 0 Å². The van der Waals surface area contributed by atoms with Crippen LogP contribution in [0, 0.1) is 5.92 Å². The number of hydrogen-bond acceptors (Lipinski definition) is 2. The highest BCUT2D eigenvalue weighted by atomic mass is 16.5. The number of rotatable bonds is 4. The molecule has 3 rings (SSSR count). The van der Waals surface area contributed by atoms with Gasteiger partial charge in [0.1, 0.15) is 6.61 Å². The van der Waals surface area contributed by atoms with Gasteiger partial charge in [-0.05, 0) is 28.7 Å². The number of esters is 1. The Kier molecular flexibility index (Phi) is 3.78. The SMILES string of the molecule is CC[C@H](C)C(=O)OCC1c2ccccc2-c2ccccc21. The molecule has 0 saturated carbocycles. The third kappa shape index (κ3) is 2.46. The number of carbonyl (C=O) groups is 1. The van der Waals surface area contributed by atoms with E-state index in [9.17, 15) is 4.79 Å². The third-order valence-electron chi connectivity index (χ3n) is 4.37. The average molecular weight is 280 g/mol. The molecule has 0 radical (unpaired) electrons. The Labute approximate surface area is 125 Å². The second-order valence-corrected chi connectivity index (χ2v) is 5.67. The van der Waals surface area contributed by atoms with Gasteiger partial charge in [0.15, 0.2) is 0 Å². The van der Waals surface area contributed by atoms with E-state index in [1.54, 1.807) is 0 Å². The maximum Gasteiger partial charge on any atom is 0.308 e. The topological polar surface area (TPSA) is 26.3 Å². The molecule has 0 spiro atoms. The Morgan fingerprint density at radius 1 is 1.05 bits per heavy atom. The van der Waals surface area contributed by atoms with Gasteiger partial charge in [0.2, 0.25) is 0 Å². The lowest BCUT2D eigenvalue weighted by Gasteiger charge is -2.16. The Bertz CT molecular complexity index is 615. The molecular formula is C19H20O2. The van der Waals surface area contributed by atoms with E-state index in [1.807, 2.05) is 26.0 Å². The van der Waals surface area contributed by atoms with Crippen LogP contribution in [0.1, 0.15) is 37.3 Å². The van der Waals surface area contributed by atoms with Gasteiger partial charge in [-0.2, -0.15) is 0 Å². The highest BCUT2D eigenvalue weighted by Crippen LogP contribution is 2.44. The Morgan fingerprint density at radius 2 is 1.57 bits per heavy atom. The first-order valence-electron chi connectivity index (χ1n) is 7.57. The van der Waals surface area contributed by atoms with Gasteiger partial charge in [0.25, 0.3) is 0 Å². The molecule has 2 aromatic rings. The van der Waals surface area contributed by atoms with Crippen LogP contribution >= 0.6 is 0 Å². The first kappa shape index (κ1) is 13.9. The molecule has 21 heavy (non-hydrogen) atoms. The lowest BCUT2D eigenvalue weighted by molar-refractivity contribution is -0.148. The molecule has 1 atom stereocenters. The summed E-state index contributed by atoms with van der Waals surface area (Å²) in [6, 6.07) is 16.8. The van der Waals surface area contributed by atoms with Crippen molar-refractivity contribution in [2.24, 2.45) is 5.92 Å². The summed E-state index contributed by atoms with van der Waals surface area (Å²) in [6.07, 6.45) is 0.816. The van der Waals surface area contributed by atoms with E-state index in [0.29, 0.717) is 6.61 Å². The minimum absolute atomic E-state index is 0.0307. The molecule has 0 aliphatic heterocycles. The van der Waals surface area contributed by atoms with Crippen LogP contribution in [0.5, 0.6) is 0 Å². The quantitative estimate of drug-likeness (QED) is 0.776. The van der Waals surface area contributed by atoms with Gasteiger partial charge in [-0.3, -0.25) is 4.79 Å². The van der Waals surface area contributed by atoms with Crippen LogP contribution in [-0.4, -0.2) is 12.6 Å². The van der Waals surface area contributed by atoms with Gasteiger partial charge in [0.05, 0.1) is 5.92 Å². The summed E-state index contributed by atoms with van der Waals surface area (Å²) in [5, 5.41) is 0. The van der Waals surface area contributed by atoms with Crippen molar-refractivity contribution < 1.29 is 9.53 Å². The number of carbonyl (C=O) groups excluding carboxylic acids is 1. The normalized spacial score (nSPS) is 14.4. The fraction of sp³-hybridized carbons (Fsp3) is 0.316. The van der Waals surface area contributed by atoms with Crippen LogP contribution in [0.4, 0.5) is 0 Å². The van der Waals surface area contributed by atoms with E-state index in [0.717, 1.165) is 6.42 Å². The van der Waals surface area contributed by atoms with E-state index < -0.39 is 0 Å². The molecular weight excluding hydrogens is 260 g/mol. The van der Waals surface area contributed by atoms with Gasteiger partial charge >= 0.3 is 5.97 Å². The van der Waals surface area contributed by atoms with Crippen LogP contribution in [0.15, 0.2) is 48.5 Å². The van der Waals surface area contributed by atoms with Crippen LogP contribution < -0.4 is 0 Å². The number of benzene rings is 2. The summed E-state index contributed by atoms with van der Waals surface area (Å²) in [5.74, 6) is 0.0293. The van der Waals surface area contributed by atoms with E-state index >= 15 is 0 Å². The molecule has 0 unspecified atom stereocenters. The van der Waals surface area contributed by atoms with Gasteiger partial charge in [-0.15, -0.1) is 0 Å². The van der Waals surface area contributed by atoms with Crippen molar-refractivity contribution in [3.8, 4) is 11.1 Å². The molecule has 1 aliphatic rings. The maximum absolute atomic E-state index is 11.9. The predicted molar refractivity (Wildman–Crippen MR) is 84.1 cm³/mol. The summed E-state index contributed by atoms with van der Waals surface area (Å²) in [5.41, 5.74) is 5.04. The van der Waals surface area contributed by atoms with Gasteiger partial charge in [-0.25, -0.2) is 0 Å². The van der Waals surface area contributed by atoms with Crippen LogP contribution in [-0.2, 0) is 9.53 Å². The van der Waals surface area contributed by atoms with Crippen molar-refractivity contribution in [1.29, 1.82) is 0 Å². The second-order valence-electron chi connectivity index (χ2n) is 5.67. The standard InChI is InChI=1S/C19H20O2/c1-3-13(2)19(20)21-12-18-16-10-6-4-8-14(16)15-9-5-7-11-17(15)18/h4-11,13,18H,3,12H2,1-2H3/t13-/m0/s1. The Balaban J connectivity index is 1.87. The third-order valence-corrected chi connectivity index (χ3v) is 4.37. The molecule has 2 heteroatoms. The molecule has 0 aromatic heterocycles. The fourth-order valence-electron chi connectivity index (χ4n) is 2.91. The summed E-state index contributed by atoms with van der Waals surface area (Å²) in [4.78, 5) is 11.9. The summed E-state index contributed by atoms with van der Waals surface area (Å²) in [6.45, 7) is 4.35. The fourth-order valence-corrected chi connectivity index (χ4v) is 2.91. The van der Waals surface area contributed by atoms with Crippen molar-refractivity contribution in [2.75, 3.05) is 6.61 Å². The predicted octanol–water partition coefficient (Wildman–Crippen LogP) is 4.39. The van der Waals surface area contributed by atoms with E-state index in [1.165, 1.54) is 22.3 Å². The highest BCUT2D eigenvalue weighted by Gasteiger charge is 2.29. The zero-order chi connectivity index (χ0) is 14.8. The molecule has 0 N–H and O–H groups in total. The lowest BCUT2D eigenvalue weighted by atomic mass is 9.98. The van der Waals surface area contributed by atoms with Crippen molar-refractivity contribution in [3.05, 3.63) is 59.7 Å². The monoisotopic (exact) mass is 280 g/mol. The molecule has 0 bridgehead atoms. The molecule has 2 nitrogen and oxygen atoms in total. The smallest absolute Gasteiger partial charge is 0.308 e. The van der Waals surface area contributed by atoms with Crippen molar-refractivity contribution >= 4 is 5.97 Å². The van der Waals surface area contributed by atoms with E-state index in [2.05, 4.69) is 36.4 Å². The van der Waals surface area contributed by atoms with Crippen molar-refractivity contribution in [1.82, 2.24) is 0 Å². The summed E-state index contributed by atoms with van der Waals surface area (Å²) in [7, 11) is 0. The molecule has 0 amide bonds. The van der Waals surface area contributed by atoms with Crippen molar-refractivity contribution in [2.45, 2.75) is 26.2 Å². The average Bonchev–Trinajstić information content (AvgIpc) is 2.86. The lowest BCUT2D eigenvalue weighted by Crippen LogP contribution is -2.18. The minimum atomic E-state index is -0.0978. The number of ether oxygens (including phenoxy) is 1.